The Morgan fingerprint density at radius 2 is 2.10 bits per heavy atom. The van der Waals surface area contributed by atoms with Crippen LogP contribution in [0.4, 0.5) is 5.95 Å². The highest BCUT2D eigenvalue weighted by Crippen LogP contribution is 2.17. The number of nitrogens with two attached hydrogens (primary N) is 1. The van der Waals surface area contributed by atoms with Gasteiger partial charge in [-0.25, -0.2) is 10.1 Å². The van der Waals surface area contributed by atoms with Crippen molar-refractivity contribution < 1.29 is 9.53 Å². The van der Waals surface area contributed by atoms with E-state index < -0.39 is 0 Å². The van der Waals surface area contributed by atoms with Crippen molar-refractivity contribution in [3.05, 3.63) is 52.2 Å². The summed E-state index contributed by atoms with van der Waals surface area (Å²) < 4.78 is 6.38. The highest BCUT2D eigenvalue weighted by molar-refractivity contribution is 7.99. The smallest absolute Gasteiger partial charge is 0.264 e. The molecule has 29 heavy (non-hydrogen) atoms. The number of thioether (sulfide) groups is 1. The number of hydrogen-bond acceptors (Lipinski definition) is 9. The molecule has 11 heteroatoms. The molecule has 0 saturated heterocycles. The second kappa shape index (κ2) is 9.94. The zero-order chi connectivity index (χ0) is 20.6. The van der Waals surface area contributed by atoms with Crippen molar-refractivity contribution in [1.82, 2.24) is 20.2 Å². The van der Waals surface area contributed by atoms with Crippen LogP contribution < -0.4 is 21.3 Å². The molecule has 0 aliphatic carbocycles. The fourth-order valence-electron chi connectivity index (χ4n) is 2.25. The van der Waals surface area contributed by atoms with Crippen LogP contribution in [0.25, 0.3) is 0 Å². The third kappa shape index (κ3) is 5.72. The fraction of sp³-hybridized carbons (Fsp3) is 0.222. The van der Waals surface area contributed by atoms with Gasteiger partial charge in [-0.05, 0) is 36.1 Å². The summed E-state index contributed by atoms with van der Waals surface area (Å²) >= 11 is 2.79. The number of amides is 1. The Morgan fingerprint density at radius 1 is 1.31 bits per heavy atom. The van der Waals surface area contributed by atoms with E-state index in [1.165, 1.54) is 16.4 Å². The topological polar surface area (TPSA) is 119 Å². The zero-order valence-electron chi connectivity index (χ0n) is 16.0. The molecule has 0 bridgehead atoms. The number of nitrogens with one attached hydrogen (secondary N) is 2. The van der Waals surface area contributed by atoms with Crippen LogP contribution >= 0.6 is 23.1 Å². The van der Waals surface area contributed by atoms with Crippen molar-refractivity contribution in [3.63, 3.8) is 0 Å². The number of nitrogen functional groups attached to an aromatic ring is 1. The Bertz CT molecular complexity index is 969. The van der Waals surface area contributed by atoms with Gasteiger partial charge in [0.2, 0.25) is 11.1 Å². The maximum absolute atomic E-state index is 12.1. The van der Waals surface area contributed by atoms with E-state index in [-0.39, 0.29) is 11.7 Å². The van der Waals surface area contributed by atoms with E-state index in [4.69, 9.17) is 10.6 Å². The molecule has 1 aromatic carbocycles. The number of anilines is 1. The van der Waals surface area contributed by atoms with Crippen molar-refractivity contribution in [2.45, 2.75) is 18.6 Å². The lowest BCUT2D eigenvalue weighted by Gasteiger charge is -2.06. The molecular formula is C18H21N7O2S2. The van der Waals surface area contributed by atoms with Crippen LogP contribution in [0.15, 0.2) is 52.0 Å². The summed E-state index contributed by atoms with van der Waals surface area (Å²) in [6, 6.07) is 11.4. The quantitative estimate of drug-likeness (QED) is 0.206. The average Bonchev–Trinajstić information content (AvgIpc) is 3.40. The second-order valence-corrected chi connectivity index (χ2v) is 7.77. The van der Waals surface area contributed by atoms with Gasteiger partial charge in [0.05, 0.1) is 18.6 Å². The van der Waals surface area contributed by atoms with E-state index >= 15 is 0 Å². The molecule has 3 rings (SSSR count). The van der Waals surface area contributed by atoms with Gasteiger partial charge in [-0.15, -0.1) is 21.5 Å². The van der Waals surface area contributed by atoms with Crippen molar-refractivity contribution in [2.24, 2.45) is 5.10 Å². The highest BCUT2D eigenvalue weighted by atomic mass is 32.2. The molecule has 0 spiro atoms. The number of carbonyl (C=O) groups excluding carboxylic acids is 1. The monoisotopic (exact) mass is 431 g/mol. The molecule has 9 nitrogen and oxygen atoms in total. The summed E-state index contributed by atoms with van der Waals surface area (Å²) in [5, 5.41) is 17.5. The first-order valence-corrected chi connectivity index (χ1v) is 10.5. The van der Waals surface area contributed by atoms with Crippen LogP contribution in [0.2, 0.25) is 0 Å². The van der Waals surface area contributed by atoms with E-state index in [2.05, 4.69) is 26.0 Å². The van der Waals surface area contributed by atoms with E-state index in [0.29, 0.717) is 17.6 Å². The van der Waals surface area contributed by atoms with E-state index in [1.54, 1.807) is 18.4 Å². The van der Waals surface area contributed by atoms with Gasteiger partial charge in [-0.2, -0.15) is 5.10 Å². The first kappa shape index (κ1) is 20.7. The lowest BCUT2D eigenvalue weighted by Crippen LogP contribution is -2.25. The van der Waals surface area contributed by atoms with Gasteiger partial charge in [0.15, 0.2) is 0 Å². The van der Waals surface area contributed by atoms with Crippen molar-refractivity contribution in [2.75, 3.05) is 24.1 Å². The number of ether oxygens (including phenoxy) is 1. The third-order valence-corrected chi connectivity index (χ3v) is 5.77. The van der Waals surface area contributed by atoms with Crippen molar-refractivity contribution in [1.29, 1.82) is 0 Å². The summed E-state index contributed by atoms with van der Waals surface area (Å²) in [6.07, 6.45) is 0. The lowest BCUT2D eigenvalue weighted by atomic mass is 10.2. The Kier molecular flexibility index (Phi) is 7.09. The van der Waals surface area contributed by atoms with Crippen molar-refractivity contribution >= 4 is 40.7 Å². The predicted octanol–water partition coefficient (Wildman–Crippen LogP) is 2.31. The minimum Gasteiger partial charge on any atom is -0.497 e. The largest absolute Gasteiger partial charge is 0.497 e. The summed E-state index contributed by atoms with van der Waals surface area (Å²) in [4.78, 5) is 13.1. The molecule has 0 saturated carbocycles. The van der Waals surface area contributed by atoms with Crippen molar-refractivity contribution in [3.8, 4) is 5.75 Å². The number of aromatic nitrogens is 3. The summed E-state index contributed by atoms with van der Waals surface area (Å²) in [7, 11) is 1.61. The molecule has 4 N–H and O–H groups in total. The Labute approximate surface area is 176 Å². The van der Waals surface area contributed by atoms with Crippen LogP contribution in [-0.4, -0.2) is 39.4 Å². The number of methoxy groups -OCH3 is 1. The highest BCUT2D eigenvalue weighted by Gasteiger charge is 2.12. The molecule has 2 aromatic heterocycles. The molecule has 0 aliphatic heterocycles. The summed E-state index contributed by atoms with van der Waals surface area (Å²) in [6.45, 7) is 2.32. The molecule has 0 atom stereocenters. The predicted molar refractivity (Wildman–Crippen MR) is 116 cm³/mol. The minimum absolute atomic E-state index is 0.130. The minimum atomic E-state index is -0.130. The summed E-state index contributed by atoms with van der Waals surface area (Å²) in [5.41, 5.74) is 4.60. The number of hydrazone groups is 1. The van der Waals surface area contributed by atoms with Gasteiger partial charge in [-0.1, -0.05) is 30.0 Å². The molecule has 0 fully saturated rings. The molecule has 0 aliphatic rings. The van der Waals surface area contributed by atoms with Gasteiger partial charge in [0.25, 0.3) is 5.95 Å². The first-order chi connectivity index (χ1) is 14.1. The van der Waals surface area contributed by atoms with Gasteiger partial charge in [-0.3, -0.25) is 4.79 Å². The molecular weight excluding hydrogens is 410 g/mol. The first-order valence-electron chi connectivity index (χ1n) is 8.64. The third-order valence-electron chi connectivity index (χ3n) is 3.85. The molecule has 0 unspecified atom stereocenters. The van der Waals surface area contributed by atoms with Crippen LogP contribution in [0.5, 0.6) is 5.75 Å². The molecule has 1 amide bonds. The Balaban J connectivity index is 1.48. The SMILES string of the molecule is COc1ccc(CNC(=O)CSc2nnc(N/N=C(\C)c3cccs3)n2N)cc1. The zero-order valence-corrected chi connectivity index (χ0v) is 17.6. The summed E-state index contributed by atoms with van der Waals surface area (Å²) in [5.74, 6) is 7.09. The fourth-order valence-corrected chi connectivity index (χ4v) is 3.61. The number of rotatable bonds is 9. The van der Waals surface area contributed by atoms with Gasteiger partial charge in [0.1, 0.15) is 5.75 Å². The van der Waals surface area contributed by atoms with Crippen LogP contribution in [-0.2, 0) is 11.3 Å². The molecule has 152 valence electrons. The van der Waals surface area contributed by atoms with Crippen LogP contribution in [0.3, 0.4) is 0 Å². The van der Waals surface area contributed by atoms with Crippen LogP contribution in [0, 0.1) is 0 Å². The normalized spacial score (nSPS) is 11.3. The lowest BCUT2D eigenvalue weighted by molar-refractivity contribution is -0.118. The molecule has 2 heterocycles. The number of hydrogen-bond donors (Lipinski definition) is 3. The number of thiophene rings is 1. The van der Waals surface area contributed by atoms with Crippen LogP contribution in [0.1, 0.15) is 17.4 Å². The molecule has 3 aromatic rings. The average molecular weight is 432 g/mol. The van der Waals surface area contributed by atoms with Gasteiger partial charge in [0, 0.05) is 11.4 Å². The Hall–Kier alpha value is -3.05. The number of carbonyl (C=O) groups is 1. The second-order valence-electron chi connectivity index (χ2n) is 5.88. The van der Waals surface area contributed by atoms with Gasteiger partial charge < -0.3 is 15.9 Å². The maximum atomic E-state index is 12.1. The van der Waals surface area contributed by atoms with Gasteiger partial charge >= 0.3 is 0 Å². The van der Waals surface area contributed by atoms with E-state index in [0.717, 1.165) is 21.9 Å². The number of nitrogens with zero attached hydrogens (tertiary/aromatic N) is 4. The standard InChI is InChI=1S/C18H21N7O2S2/c1-12(15-4-3-9-28-15)21-22-17-23-24-18(25(17)19)29-11-16(26)20-10-13-5-7-14(27-2)8-6-13/h3-9H,10-11,19H2,1-2H3,(H,20,26)(H,22,23)/b21-12+. The van der Waals surface area contributed by atoms with E-state index in [1.807, 2.05) is 48.7 Å². The molecule has 0 radical (unpaired) electrons. The maximum Gasteiger partial charge on any atom is 0.264 e. The Morgan fingerprint density at radius 3 is 2.79 bits per heavy atom. The van der Waals surface area contributed by atoms with E-state index in [9.17, 15) is 4.79 Å². The number of benzene rings is 1.